The molecule has 0 unspecified atom stereocenters. The maximum Gasteiger partial charge on any atom is 0.164 e. The fourth-order valence-corrected chi connectivity index (χ4v) is 18.8. The van der Waals surface area contributed by atoms with Gasteiger partial charge in [0.25, 0.3) is 0 Å². The SMILES string of the molecule is c1ccc(-c2nc(-c3ccc(-n4c5ccccc5c5ccc6c7ccccc7n(-c7ccccc7)c6c54)cc3)nc(-c3cccc(-c4ccc5c(c4)oc4ccccc45)c3)n2)cc1.c1ccc(-c2nc(-c3cccc(-n4c5ccccc5c5ccc6c7ccccc7n(-c7ccc8ccccc8c7)c6c54)c3)nc(-c3ccc4c(c3)oc3ccccc34)n2)cc1. The molecule has 0 saturated carbocycles. The van der Waals surface area contributed by atoms with Gasteiger partial charge in [-0.2, -0.15) is 0 Å². The highest BCUT2D eigenvalue weighted by Gasteiger charge is 2.26. The quantitative estimate of drug-likeness (QED) is 0.125. The summed E-state index contributed by atoms with van der Waals surface area (Å²) >= 11 is 0. The van der Waals surface area contributed by atoms with Crippen LogP contribution in [0.3, 0.4) is 0 Å². The van der Waals surface area contributed by atoms with Crippen LogP contribution < -0.4 is 0 Å². The number of aromatic nitrogens is 10. The lowest BCUT2D eigenvalue weighted by molar-refractivity contribution is 0.668. The summed E-state index contributed by atoms with van der Waals surface area (Å²) in [4.78, 5) is 30.7. The molecule has 0 N–H and O–H groups in total. The maximum absolute atomic E-state index is 6.30. The van der Waals surface area contributed by atoms with Crippen LogP contribution in [0.15, 0.2) is 421 Å². The van der Waals surface area contributed by atoms with Crippen LogP contribution in [0, 0.1) is 0 Å². The molecule has 26 aromatic rings. The maximum atomic E-state index is 6.30. The van der Waals surface area contributed by atoms with Gasteiger partial charge in [0.1, 0.15) is 22.3 Å². The minimum Gasteiger partial charge on any atom is -0.456 e. The van der Waals surface area contributed by atoms with E-state index in [4.69, 9.17) is 38.7 Å². The van der Waals surface area contributed by atoms with Gasteiger partial charge in [-0.05, 0) is 149 Å². The zero-order chi connectivity index (χ0) is 81.5. The summed E-state index contributed by atoms with van der Waals surface area (Å²) in [6, 6.07) is 145. The van der Waals surface area contributed by atoms with Gasteiger partial charge in [0.15, 0.2) is 34.9 Å². The number of para-hydroxylation sites is 7. The third kappa shape index (κ3) is 11.5. The molecule has 578 valence electrons. The molecule has 8 aromatic heterocycles. The van der Waals surface area contributed by atoms with E-state index in [1.807, 2.05) is 103 Å². The lowest BCUT2D eigenvalue weighted by Gasteiger charge is -2.14. The van der Waals surface area contributed by atoms with Gasteiger partial charge in [-0.1, -0.05) is 285 Å². The first-order chi connectivity index (χ1) is 61.5. The average Bonchev–Trinajstić information content (AvgIpc) is 1.55. The van der Waals surface area contributed by atoms with Gasteiger partial charge in [0.05, 0.1) is 44.1 Å². The second-order valence-corrected chi connectivity index (χ2v) is 31.6. The summed E-state index contributed by atoms with van der Waals surface area (Å²) < 4.78 is 22.3. The Labute approximate surface area is 709 Å². The molecule has 0 fully saturated rings. The van der Waals surface area contributed by atoms with Gasteiger partial charge >= 0.3 is 0 Å². The van der Waals surface area contributed by atoms with E-state index in [1.54, 1.807) is 0 Å². The fraction of sp³-hybridized carbons (Fsp3) is 0. The molecule has 18 aromatic carbocycles. The molecule has 0 aliphatic carbocycles. The largest absolute Gasteiger partial charge is 0.456 e. The van der Waals surface area contributed by atoms with Crippen LogP contribution in [-0.4, -0.2) is 48.2 Å². The highest BCUT2D eigenvalue weighted by Crippen LogP contribution is 2.46. The van der Waals surface area contributed by atoms with Crippen LogP contribution in [0.2, 0.25) is 0 Å². The lowest BCUT2D eigenvalue weighted by atomic mass is 10.0. The van der Waals surface area contributed by atoms with E-state index >= 15 is 0 Å². The lowest BCUT2D eigenvalue weighted by Crippen LogP contribution is -2.01. The number of hydrogen-bond donors (Lipinski definition) is 0. The molecular weight excluding hydrogens is 1520 g/mol. The Morgan fingerprint density at radius 2 is 0.435 bits per heavy atom. The molecule has 12 heteroatoms. The predicted molar refractivity (Wildman–Crippen MR) is 507 cm³/mol. The van der Waals surface area contributed by atoms with Gasteiger partial charge in [0.2, 0.25) is 0 Å². The van der Waals surface area contributed by atoms with Crippen molar-refractivity contribution >= 4 is 142 Å². The van der Waals surface area contributed by atoms with Crippen molar-refractivity contribution in [2.75, 3.05) is 0 Å². The third-order valence-electron chi connectivity index (χ3n) is 24.5. The molecule has 12 nitrogen and oxygen atoms in total. The summed E-state index contributed by atoms with van der Waals surface area (Å²) in [7, 11) is 0. The van der Waals surface area contributed by atoms with E-state index in [-0.39, 0.29) is 0 Å². The normalized spacial score (nSPS) is 11.9. The molecule has 0 radical (unpaired) electrons. The summed E-state index contributed by atoms with van der Waals surface area (Å²) in [5, 5.41) is 16.4. The molecule has 0 spiro atoms. The molecule has 0 aliphatic rings. The Hall–Kier alpha value is -17.0. The molecule has 0 amide bonds. The monoisotopic (exact) mass is 1580 g/mol. The smallest absolute Gasteiger partial charge is 0.164 e. The van der Waals surface area contributed by atoms with Crippen LogP contribution >= 0.6 is 0 Å². The van der Waals surface area contributed by atoms with E-state index in [1.165, 1.54) is 64.9 Å². The fourth-order valence-electron chi connectivity index (χ4n) is 18.8. The Morgan fingerprint density at radius 3 is 0.919 bits per heavy atom. The van der Waals surface area contributed by atoms with Crippen molar-refractivity contribution in [1.82, 2.24) is 48.2 Å². The van der Waals surface area contributed by atoms with Gasteiger partial charge < -0.3 is 27.1 Å². The highest BCUT2D eigenvalue weighted by molar-refractivity contribution is 6.26. The van der Waals surface area contributed by atoms with Crippen molar-refractivity contribution in [3.63, 3.8) is 0 Å². The van der Waals surface area contributed by atoms with Crippen molar-refractivity contribution < 1.29 is 8.83 Å². The van der Waals surface area contributed by atoms with E-state index in [0.717, 1.165) is 144 Å². The average molecular weight is 1590 g/mol. The number of rotatable bonds is 11. The van der Waals surface area contributed by atoms with Crippen molar-refractivity contribution in [2.24, 2.45) is 0 Å². The minimum atomic E-state index is 0.579. The molecule has 0 bridgehead atoms. The van der Waals surface area contributed by atoms with E-state index in [9.17, 15) is 0 Å². The molecule has 0 aliphatic heterocycles. The standard InChI is InChI=1S/C57H35N5O.C55H33N5O/c1-3-14-36(15-4-1)55-58-56(60-57(59-55)40-17-13-16-38(34-40)39-28-31-46-45-22-9-12-25-51(45)63-52(46)35-39)37-26-29-42(30-27-37)62-50-24-11-8-21-44(50)48-33-32-47-43-20-7-10-23-49(43)61(53(47)54(48)62)41-18-5-2-6-19-41;1-2-14-35(15-3-1)53-56-54(58-55(57-53)38-26-28-44-43-21-8-11-24-49(43)61-50(44)33-38)37-17-12-18-39(32-37)59-47-22-9-6-19-41(47)45-29-30-46-42-20-7-10-23-48(42)60(52(46)51(45)59)40-27-25-34-13-4-5-16-36(34)31-40/h1-35H;1-33H. The van der Waals surface area contributed by atoms with Crippen molar-refractivity contribution in [3.05, 3.63) is 413 Å². The van der Waals surface area contributed by atoms with Crippen LogP contribution in [0.25, 0.3) is 244 Å². The van der Waals surface area contributed by atoms with E-state index in [0.29, 0.717) is 34.9 Å². The van der Waals surface area contributed by atoms with Crippen LogP contribution in [-0.2, 0) is 0 Å². The number of benzene rings is 18. The summed E-state index contributed by atoms with van der Waals surface area (Å²) in [6.07, 6.45) is 0. The number of hydrogen-bond acceptors (Lipinski definition) is 8. The van der Waals surface area contributed by atoms with E-state index < -0.39 is 0 Å². The molecule has 8 heterocycles. The number of furan rings is 2. The topological polar surface area (TPSA) is 123 Å². The Kier molecular flexibility index (Phi) is 16.0. The summed E-state index contributed by atoms with van der Waals surface area (Å²) in [6.45, 7) is 0. The zero-order valence-electron chi connectivity index (χ0n) is 66.5. The molecule has 124 heavy (non-hydrogen) atoms. The second-order valence-electron chi connectivity index (χ2n) is 31.6. The van der Waals surface area contributed by atoms with Crippen LogP contribution in [0.5, 0.6) is 0 Å². The first kappa shape index (κ1) is 70.1. The van der Waals surface area contributed by atoms with Gasteiger partial charge in [0, 0.05) is 121 Å². The van der Waals surface area contributed by atoms with Crippen molar-refractivity contribution in [1.29, 1.82) is 0 Å². The molecule has 0 saturated heterocycles. The summed E-state index contributed by atoms with van der Waals surface area (Å²) in [5.41, 5.74) is 24.4. The van der Waals surface area contributed by atoms with Gasteiger partial charge in [-0.15, -0.1) is 0 Å². The zero-order valence-corrected chi connectivity index (χ0v) is 66.5. The Balaban J connectivity index is 0.000000136. The van der Waals surface area contributed by atoms with Crippen molar-refractivity contribution in [3.8, 4) is 102 Å². The Morgan fingerprint density at radius 1 is 0.153 bits per heavy atom. The predicted octanol–water partition coefficient (Wildman–Crippen LogP) is 28.8. The van der Waals surface area contributed by atoms with Gasteiger partial charge in [-0.25, -0.2) is 29.9 Å². The first-order valence-electron chi connectivity index (χ1n) is 41.7. The second kappa shape index (κ2) is 28.4. The molecular formula is C112H68N10O2. The first-order valence-corrected chi connectivity index (χ1v) is 41.7. The number of fused-ring (bicyclic) bond motifs is 21. The molecule has 26 rings (SSSR count). The van der Waals surface area contributed by atoms with Crippen LogP contribution in [0.4, 0.5) is 0 Å². The molecule has 0 atom stereocenters. The summed E-state index contributed by atoms with van der Waals surface area (Å²) in [5.74, 6) is 3.60. The number of nitrogens with zero attached hydrogens (tertiary/aromatic N) is 10. The third-order valence-corrected chi connectivity index (χ3v) is 24.5. The van der Waals surface area contributed by atoms with Crippen molar-refractivity contribution in [2.45, 2.75) is 0 Å². The Bertz CT molecular complexity index is 8820. The highest BCUT2D eigenvalue weighted by atomic mass is 16.3. The van der Waals surface area contributed by atoms with Gasteiger partial charge in [-0.3, -0.25) is 0 Å². The van der Waals surface area contributed by atoms with Crippen LogP contribution in [0.1, 0.15) is 0 Å². The minimum absolute atomic E-state index is 0.579. The van der Waals surface area contributed by atoms with E-state index in [2.05, 4.69) is 328 Å².